The Labute approximate surface area is 156 Å². The van der Waals surface area contributed by atoms with Crippen LogP contribution >= 0.6 is 0 Å². The third-order valence-corrected chi connectivity index (χ3v) is 6.13. The fourth-order valence-electron chi connectivity index (χ4n) is 4.64. The number of oxazole rings is 1. The summed E-state index contributed by atoms with van der Waals surface area (Å²) in [5.74, 6) is 1.35. The van der Waals surface area contributed by atoms with Crippen LogP contribution in [0.2, 0.25) is 0 Å². The van der Waals surface area contributed by atoms with Gasteiger partial charge in [-0.3, -0.25) is 4.90 Å². The second-order valence-corrected chi connectivity index (χ2v) is 7.88. The molecule has 0 unspecified atom stereocenters. The van der Waals surface area contributed by atoms with Crippen LogP contribution in [0.3, 0.4) is 0 Å². The molecule has 1 aromatic heterocycles. The van der Waals surface area contributed by atoms with E-state index in [0.29, 0.717) is 23.8 Å². The van der Waals surface area contributed by atoms with Crippen LogP contribution in [0.25, 0.3) is 11.5 Å². The highest BCUT2D eigenvalue weighted by molar-refractivity contribution is 5.55. The zero-order valence-electron chi connectivity index (χ0n) is 15.2. The number of fused-ring (bicyclic) bond motifs is 1. The lowest BCUT2D eigenvalue weighted by Gasteiger charge is -2.26. The highest BCUT2D eigenvalue weighted by Gasteiger charge is 2.48. The van der Waals surface area contributed by atoms with Gasteiger partial charge in [0.1, 0.15) is 5.76 Å². The van der Waals surface area contributed by atoms with Gasteiger partial charge in [0.25, 0.3) is 0 Å². The highest BCUT2D eigenvalue weighted by Crippen LogP contribution is 2.48. The van der Waals surface area contributed by atoms with Crippen molar-refractivity contribution in [3.8, 4) is 11.5 Å². The Morgan fingerprint density at radius 2 is 2.19 bits per heavy atom. The number of alkyl halides is 3. The molecule has 0 amide bonds. The van der Waals surface area contributed by atoms with E-state index < -0.39 is 11.7 Å². The van der Waals surface area contributed by atoms with Gasteiger partial charge >= 0.3 is 6.18 Å². The van der Waals surface area contributed by atoms with Crippen molar-refractivity contribution in [1.29, 1.82) is 0 Å². The van der Waals surface area contributed by atoms with Crippen LogP contribution in [0.15, 0.2) is 28.7 Å². The molecule has 2 fully saturated rings. The second kappa shape index (κ2) is 6.63. The van der Waals surface area contributed by atoms with Crippen LogP contribution in [-0.2, 0) is 12.7 Å². The minimum atomic E-state index is -4.40. The Balaban J connectivity index is 1.53. The summed E-state index contributed by atoms with van der Waals surface area (Å²) in [4.78, 5) is 6.75. The first kappa shape index (κ1) is 18.5. The summed E-state index contributed by atoms with van der Waals surface area (Å²) in [5, 5.41) is 9.86. The number of halogens is 3. The Kier molecular flexibility index (Phi) is 4.55. The summed E-state index contributed by atoms with van der Waals surface area (Å²) in [6, 6.07) is 5.04. The first-order chi connectivity index (χ1) is 12.8. The lowest BCUT2D eigenvalue weighted by atomic mass is 9.82. The van der Waals surface area contributed by atoms with E-state index in [9.17, 15) is 18.3 Å². The van der Waals surface area contributed by atoms with Crippen LogP contribution in [0.5, 0.6) is 0 Å². The van der Waals surface area contributed by atoms with Crippen LogP contribution in [0.4, 0.5) is 13.2 Å². The van der Waals surface area contributed by atoms with Crippen molar-refractivity contribution in [2.45, 2.75) is 38.9 Å². The van der Waals surface area contributed by atoms with Gasteiger partial charge in [-0.15, -0.1) is 0 Å². The van der Waals surface area contributed by atoms with Crippen LogP contribution in [0, 0.1) is 18.3 Å². The van der Waals surface area contributed by atoms with E-state index in [1.54, 1.807) is 13.0 Å². The van der Waals surface area contributed by atoms with Crippen molar-refractivity contribution < 1.29 is 22.7 Å². The van der Waals surface area contributed by atoms with Gasteiger partial charge in [0, 0.05) is 30.6 Å². The normalized spacial score (nSPS) is 25.9. The monoisotopic (exact) mass is 380 g/mol. The number of hydrogen-bond donors (Lipinski definition) is 1. The Hall–Kier alpha value is -1.86. The van der Waals surface area contributed by atoms with Gasteiger partial charge in [0.05, 0.1) is 17.9 Å². The maximum Gasteiger partial charge on any atom is 0.416 e. The number of aromatic nitrogens is 1. The summed E-state index contributed by atoms with van der Waals surface area (Å²) in [5.41, 5.74) is 0.357. The molecule has 0 spiro atoms. The number of hydrogen-bond acceptors (Lipinski definition) is 4. The Morgan fingerprint density at radius 3 is 2.89 bits per heavy atom. The molecular weight excluding hydrogens is 357 g/mol. The molecule has 0 radical (unpaired) electrons. The fourth-order valence-corrected chi connectivity index (χ4v) is 4.64. The van der Waals surface area contributed by atoms with E-state index in [4.69, 9.17) is 4.42 Å². The third kappa shape index (κ3) is 3.38. The minimum absolute atomic E-state index is 0.00150. The first-order valence-electron chi connectivity index (χ1n) is 9.28. The summed E-state index contributed by atoms with van der Waals surface area (Å²) in [7, 11) is 0. The standard InChI is InChI=1S/C20H23F3N2O2/c1-13-17(10-25-9-16-6-3-7-19(16,11-25)12-26)24-18(27-13)14-4-2-5-15(8-14)20(21,22)23/h2,4-5,8,16,26H,3,6-7,9-12H2,1H3/t16-,19+/m1/s1. The summed E-state index contributed by atoms with van der Waals surface area (Å²) in [6.45, 7) is 4.34. The van der Waals surface area contributed by atoms with Crippen molar-refractivity contribution in [3.05, 3.63) is 41.3 Å². The van der Waals surface area contributed by atoms with Gasteiger partial charge < -0.3 is 9.52 Å². The molecule has 2 atom stereocenters. The van der Waals surface area contributed by atoms with E-state index >= 15 is 0 Å². The minimum Gasteiger partial charge on any atom is -0.441 e. The van der Waals surface area contributed by atoms with Crippen LogP contribution in [0.1, 0.15) is 36.3 Å². The summed E-state index contributed by atoms with van der Waals surface area (Å²) in [6.07, 6.45) is -1.03. The van der Waals surface area contributed by atoms with E-state index in [2.05, 4.69) is 9.88 Å². The van der Waals surface area contributed by atoms with Crippen molar-refractivity contribution in [2.75, 3.05) is 19.7 Å². The fraction of sp³-hybridized carbons (Fsp3) is 0.550. The molecule has 1 saturated heterocycles. The second-order valence-electron chi connectivity index (χ2n) is 7.88. The Morgan fingerprint density at radius 1 is 1.37 bits per heavy atom. The van der Waals surface area contributed by atoms with Gasteiger partial charge in [-0.2, -0.15) is 13.2 Å². The molecule has 1 N–H and O–H groups in total. The number of rotatable bonds is 4. The average Bonchev–Trinajstić information content (AvgIpc) is 3.27. The molecule has 0 bridgehead atoms. The molecule has 1 saturated carbocycles. The van der Waals surface area contributed by atoms with Gasteiger partial charge in [-0.05, 0) is 43.9 Å². The Bertz CT molecular complexity index is 833. The summed E-state index contributed by atoms with van der Waals surface area (Å²) < 4.78 is 44.5. The van der Waals surface area contributed by atoms with Crippen molar-refractivity contribution in [2.24, 2.45) is 11.3 Å². The lowest BCUT2D eigenvalue weighted by molar-refractivity contribution is -0.137. The predicted molar refractivity (Wildman–Crippen MR) is 93.8 cm³/mol. The molecule has 7 heteroatoms. The molecule has 27 heavy (non-hydrogen) atoms. The molecule has 2 aromatic rings. The van der Waals surface area contributed by atoms with Crippen LogP contribution in [-0.4, -0.2) is 34.7 Å². The van der Waals surface area contributed by atoms with E-state index in [-0.39, 0.29) is 17.9 Å². The number of benzene rings is 1. The number of aryl methyl sites for hydroxylation is 1. The third-order valence-electron chi connectivity index (χ3n) is 6.13. The van der Waals surface area contributed by atoms with E-state index in [1.165, 1.54) is 12.5 Å². The van der Waals surface area contributed by atoms with E-state index in [0.717, 1.165) is 43.8 Å². The molecule has 2 aliphatic rings. The number of likely N-dealkylation sites (tertiary alicyclic amines) is 1. The molecule has 4 rings (SSSR count). The largest absolute Gasteiger partial charge is 0.441 e. The van der Waals surface area contributed by atoms with Crippen molar-refractivity contribution in [3.63, 3.8) is 0 Å². The quantitative estimate of drug-likeness (QED) is 0.861. The zero-order valence-corrected chi connectivity index (χ0v) is 15.2. The lowest BCUT2D eigenvalue weighted by Crippen LogP contribution is -2.30. The zero-order chi connectivity index (χ0) is 19.2. The number of aliphatic hydroxyl groups excluding tert-OH is 1. The number of aliphatic hydroxyl groups is 1. The first-order valence-corrected chi connectivity index (χ1v) is 9.28. The molecule has 146 valence electrons. The van der Waals surface area contributed by atoms with Crippen LogP contribution < -0.4 is 0 Å². The molecule has 1 aliphatic carbocycles. The van der Waals surface area contributed by atoms with Gasteiger partial charge in [0.15, 0.2) is 0 Å². The molecule has 2 heterocycles. The van der Waals surface area contributed by atoms with Crippen molar-refractivity contribution >= 4 is 0 Å². The highest BCUT2D eigenvalue weighted by atomic mass is 19.4. The van der Waals surface area contributed by atoms with Crippen molar-refractivity contribution in [1.82, 2.24) is 9.88 Å². The molecule has 1 aromatic carbocycles. The molecule has 1 aliphatic heterocycles. The molecule has 4 nitrogen and oxygen atoms in total. The van der Waals surface area contributed by atoms with Gasteiger partial charge in [-0.25, -0.2) is 4.98 Å². The van der Waals surface area contributed by atoms with Gasteiger partial charge in [0.2, 0.25) is 5.89 Å². The maximum absolute atomic E-state index is 12.9. The topological polar surface area (TPSA) is 49.5 Å². The average molecular weight is 380 g/mol. The molecular formula is C20H23F3N2O2. The van der Waals surface area contributed by atoms with Gasteiger partial charge in [-0.1, -0.05) is 12.5 Å². The number of nitrogens with zero attached hydrogens (tertiary/aromatic N) is 2. The SMILES string of the molecule is Cc1oc(-c2cccc(C(F)(F)F)c2)nc1CN1C[C@H]2CCC[C@@]2(CO)C1. The summed E-state index contributed by atoms with van der Waals surface area (Å²) >= 11 is 0. The predicted octanol–water partition coefficient (Wildman–Crippen LogP) is 4.26. The van der Waals surface area contributed by atoms with E-state index in [1.807, 2.05) is 0 Å². The smallest absolute Gasteiger partial charge is 0.416 e. The maximum atomic E-state index is 12.9.